The first-order valence-electron chi connectivity index (χ1n) is 16.7. The number of hydrogen-bond acceptors (Lipinski definition) is 6. The van der Waals surface area contributed by atoms with Crippen LogP contribution in [0.15, 0.2) is 121 Å². The Kier molecular flexibility index (Phi) is 10.2. The number of fused-ring (bicyclic) bond motifs is 1. The lowest BCUT2D eigenvalue weighted by atomic mass is 9.78. The summed E-state index contributed by atoms with van der Waals surface area (Å²) in [6.07, 6.45) is -3.08. The normalized spacial score (nSPS) is 25.7. The van der Waals surface area contributed by atoms with Gasteiger partial charge in [0, 0.05) is 12.5 Å². The van der Waals surface area contributed by atoms with E-state index in [9.17, 15) is 5.11 Å². The summed E-state index contributed by atoms with van der Waals surface area (Å²) in [5.41, 5.74) is 2.09. The van der Waals surface area contributed by atoms with Crippen molar-refractivity contribution in [2.24, 2.45) is 5.92 Å². The first-order valence-corrected chi connectivity index (χ1v) is 18.6. The molecular weight excluding hydrogens is 605 g/mol. The molecule has 6 rings (SSSR count). The first-order chi connectivity index (χ1) is 22.6. The molecule has 4 aromatic carbocycles. The molecule has 0 unspecified atom stereocenters. The Morgan fingerprint density at radius 3 is 1.53 bits per heavy atom. The van der Waals surface area contributed by atoms with E-state index in [1.54, 1.807) is 0 Å². The van der Waals surface area contributed by atoms with E-state index in [4.69, 9.17) is 23.4 Å². The highest BCUT2D eigenvalue weighted by atomic mass is 28.4. The fraction of sp³-hybridized carbons (Fsp3) is 0.400. The van der Waals surface area contributed by atoms with Gasteiger partial charge >= 0.3 is 0 Å². The van der Waals surface area contributed by atoms with Gasteiger partial charge in [0.2, 0.25) is 0 Å². The zero-order valence-corrected chi connectivity index (χ0v) is 29.1. The van der Waals surface area contributed by atoms with Gasteiger partial charge in [-0.1, -0.05) is 142 Å². The SMILES string of the molecule is CC1(C)O[C@@H]2[C@H](OCc3ccccc3)[C@H](OCc3ccccc3)[C@@H](CO[Si](c3ccccc3)(c3ccccc3)C(C)(C)C)[C@@H](O)[C@@H]2O1. The van der Waals surface area contributed by atoms with Gasteiger partial charge in [-0.05, 0) is 40.4 Å². The number of benzene rings is 4. The summed E-state index contributed by atoms with van der Waals surface area (Å²) >= 11 is 0. The van der Waals surface area contributed by atoms with Crippen LogP contribution in [-0.2, 0) is 36.6 Å². The third-order valence-corrected chi connectivity index (χ3v) is 14.5. The summed E-state index contributed by atoms with van der Waals surface area (Å²) in [6, 6.07) is 41.4. The van der Waals surface area contributed by atoms with E-state index in [0.717, 1.165) is 11.1 Å². The molecule has 6 atom stereocenters. The minimum absolute atomic E-state index is 0.226. The highest BCUT2D eigenvalue weighted by molar-refractivity contribution is 6.99. The van der Waals surface area contributed by atoms with Gasteiger partial charge in [0.25, 0.3) is 8.32 Å². The molecule has 2 fully saturated rings. The molecule has 4 aromatic rings. The van der Waals surface area contributed by atoms with E-state index < -0.39 is 50.5 Å². The van der Waals surface area contributed by atoms with Crippen molar-refractivity contribution in [2.45, 2.75) is 89.2 Å². The van der Waals surface area contributed by atoms with E-state index in [1.807, 2.05) is 74.5 Å². The molecule has 2 aliphatic rings. The summed E-state index contributed by atoms with van der Waals surface area (Å²) in [5.74, 6) is -1.34. The molecule has 1 heterocycles. The van der Waals surface area contributed by atoms with Crippen LogP contribution in [0.25, 0.3) is 0 Å². The monoisotopic (exact) mass is 652 g/mol. The molecule has 0 amide bonds. The molecule has 1 saturated carbocycles. The van der Waals surface area contributed by atoms with Crippen molar-refractivity contribution >= 4 is 18.7 Å². The summed E-state index contributed by atoms with van der Waals surface area (Å²) in [7, 11) is -2.91. The second kappa shape index (κ2) is 14.1. The fourth-order valence-corrected chi connectivity index (χ4v) is 11.9. The van der Waals surface area contributed by atoms with E-state index in [1.165, 1.54) is 10.4 Å². The van der Waals surface area contributed by atoms with Crippen LogP contribution in [0.5, 0.6) is 0 Å². The standard InChI is InChI=1S/C40H48O6Si/c1-39(2,3)47(31-22-14-8-15-23-31,32-24-16-9-17-25-32)44-28-33-34(41)36-38(46-40(4,5)45-36)37(43-27-30-20-12-7-13-21-30)35(33)42-26-29-18-10-6-11-19-29/h6-25,33-38,41H,26-28H2,1-5H3/t33-,34+,35+,36-,37+,38-/m0/s1. The maximum absolute atomic E-state index is 12.2. The quantitative estimate of drug-likeness (QED) is 0.194. The summed E-state index contributed by atoms with van der Waals surface area (Å²) in [5, 5.41) is 14.3. The van der Waals surface area contributed by atoms with Gasteiger partial charge in [-0.25, -0.2) is 0 Å². The Morgan fingerprint density at radius 2 is 1.06 bits per heavy atom. The van der Waals surface area contributed by atoms with Crippen molar-refractivity contribution in [1.82, 2.24) is 0 Å². The first kappa shape index (κ1) is 33.7. The zero-order chi connectivity index (χ0) is 33.1. The van der Waals surface area contributed by atoms with Crippen LogP contribution in [0, 0.1) is 5.92 Å². The lowest BCUT2D eigenvalue weighted by Gasteiger charge is -2.48. The van der Waals surface area contributed by atoms with Crippen molar-refractivity contribution in [1.29, 1.82) is 0 Å². The lowest BCUT2D eigenvalue weighted by Crippen LogP contribution is -2.68. The topological polar surface area (TPSA) is 66.4 Å². The highest BCUT2D eigenvalue weighted by Crippen LogP contribution is 2.44. The number of aliphatic hydroxyl groups is 1. The second-order valence-electron chi connectivity index (χ2n) is 14.2. The molecular formula is C40H48O6Si. The Morgan fingerprint density at radius 1 is 0.638 bits per heavy atom. The molecule has 1 aliphatic carbocycles. The highest BCUT2D eigenvalue weighted by Gasteiger charge is 2.60. The van der Waals surface area contributed by atoms with Gasteiger partial charge < -0.3 is 28.5 Å². The average molecular weight is 653 g/mol. The van der Waals surface area contributed by atoms with Crippen LogP contribution in [0.1, 0.15) is 45.7 Å². The van der Waals surface area contributed by atoms with Gasteiger partial charge in [-0.2, -0.15) is 0 Å². The molecule has 1 N–H and O–H groups in total. The molecule has 1 aliphatic heterocycles. The predicted octanol–water partition coefficient (Wildman–Crippen LogP) is 6.24. The Hall–Kier alpha value is -3.14. The van der Waals surface area contributed by atoms with E-state index in [2.05, 4.69) is 81.4 Å². The second-order valence-corrected chi connectivity index (χ2v) is 18.5. The Bertz CT molecular complexity index is 1500. The largest absolute Gasteiger partial charge is 0.407 e. The Labute approximate surface area is 280 Å². The molecule has 7 heteroatoms. The van der Waals surface area contributed by atoms with Crippen molar-refractivity contribution in [3.05, 3.63) is 132 Å². The third kappa shape index (κ3) is 7.17. The van der Waals surface area contributed by atoms with Crippen LogP contribution >= 0.6 is 0 Å². The maximum atomic E-state index is 12.2. The van der Waals surface area contributed by atoms with Gasteiger partial charge in [0.05, 0.1) is 25.4 Å². The number of hydrogen-bond donors (Lipinski definition) is 1. The third-order valence-electron chi connectivity index (χ3n) is 9.49. The Balaban J connectivity index is 1.40. The maximum Gasteiger partial charge on any atom is 0.261 e. The van der Waals surface area contributed by atoms with Gasteiger partial charge in [0.1, 0.15) is 18.3 Å². The molecule has 6 nitrogen and oxygen atoms in total. The molecule has 0 spiro atoms. The van der Waals surface area contributed by atoms with Crippen LogP contribution in [-0.4, -0.2) is 56.3 Å². The van der Waals surface area contributed by atoms with Crippen LogP contribution < -0.4 is 10.4 Å². The number of aliphatic hydroxyl groups excluding tert-OH is 1. The van der Waals surface area contributed by atoms with E-state index in [-0.39, 0.29) is 11.6 Å². The van der Waals surface area contributed by atoms with Crippen LogP contribution in [0.4, 0.5) is 0 Å². The van der Waals surface area contributed by atoms with E-state index >= 15 is 0 Å². The van der Waals surface area contributed by atoms with Crippen molar-refractivity contribution in [3.63, 3.8) is 0 Å². The van der Waals surface area contributed by atoms with Crippen LogP contribution in [0.3, 0.4) is 0 Å². The van der Waals surface area contributed by atoms with Crippen LogP contribution in [0.2, 0.25) is 5.04 Å². The molecule has 248 valence electrons. The van der Waals surface area contributed by atoms with Crippen molar-refractivity contribution in [2.75, 3.05) is 6.61 Å². The molecule has 0 aromatic heterocycles. The number of ether oxygens (including phenoxy) is 4. The summed E-state index contributed by atoms with van der Waals surface area (Å²) in [6.45, 7) is 11.6. The fourth-order valence-electron chi connectivity index (χ4n) is 7.32. The van der Waals surface area contributed by atoms with Gasteiger partial charge in [0.15, 0.2) is 5.79 Å². The summed E-state index contributed by atoms with van der Waals surface area (Å²) in [4.78, 5) is 0. The van der Waals surface area contributed by atoms with Crippen molar-refractivity contribution < 1.29 is 28.5 Å². The number of rotatable bonds is 11. The predicted molar refractivity (Wildman–Crippen MR) is 187 cm³/mol. The summed E-state index contributed by atoms with van der Waals surface area (Å²) < 4.78 is 33.8. The minimum Gasteiger partial charge on any atom is -0.407 e. The molecule has 1 saturated heterocycles. The molecule has 47 heavy (non-hydrogen) atoms. The zero-order valence-electron chi connectivity index (χ0n) is 28.1. The average Bonchev–Trinajstić information content (AvgIpc) is 3.41. The molecule has 0 bridgehead atoms. The smallest absolute Gasteiger partial charge is 0.261 e. The molecule has 0 radical (unpaired) electrons. The van der Waals surface area contributed by atoms with Crippen molar-refractivity contribution in [3.8, 4) is 0 Å². The van der Waals surface area contributed by atoms with E-state index in [0.29, 0.717) is 13.2 Å². The minimum atomic E-state index is -2.91. The van der Waals surface area contributed by atoms with Gasteiger partial charge in [-0.15, -0.1) is 0 Å². The van der Waals surface area contributed by atoms with Gasteiger partial charge in [-0.3, -0.25) is 0 Å². The lowest BCUT2D eigenvalue weighted by molar-refractivity contribution is -0.213.